The van der Waals surface area contributed by atoms with Crippen molar-refractivity contribution in [2.45, 2.75) is 26.3 Å². The first-order valence-corrected chi connectivity index (χ1v) is 9.75. The molecule has 0 saturated heterocycles. The molecule has 3 rings (SSSR count). The van der Waals surface area contributed by atoms with E-state index in [0.717, 1.165) is 0 Å². The number of amides is 2. The number of aromatic nitrogens is 2. The number of carbonyl (C=O) groups is 2. The van der Waals surface area contributed by atoms with Crippen LogP contribution >= 0.6 is 0 Å². The zero-order valence-corrected chi connectivity index (χ0v) is 17.9. The molecule has 162 valence electrons. The van der Waals surface area contributed by atoms with Crippen LogP contribution in [0.15, 0.2) is 54.7 Å². The van der Waals surface area contributed by atoms with Crippen molar-refractivity contribution in [3.8, 4) is 22.7 Å². The molecule has 0 unspecified atom stereocenters. The van der Waals surface area contributed by atoms with Crippen LogP contribution in [-0.2, 0) is 4.79 Å². The number of nitrogens with one attached hydrogen (secondary N) is 2. The smallest absolute Gasteiger partial charge is 0.255 e. The lowest BCUT2D eigenvalue weighted by molar-refractivity contribution is -0.121. The van der Waals surface area contributed by atoms with Crippen molar-refractivity contribution in [3.63, 3.8) is 0 Å². The number of halogens is 1. The number of nitrogens with zero attached hydrogens (tertiary/aromatic N) is 2. The highest BCUT2D eigenvalue weighted by Gasteiger charge is 2.21. The van der Waals surface area contributed by atoms with Crippen molar-refractivity contribution in [1.29, 1.82) is 0 Å². The first-order chi connectivity index (χ1) is 14.7. The maximum absolute atomic E-state index is 13.3. The van der Waals surface area contributed by atoms with Gasteiger partial charge in [0.05, 0.1) is 24.9 Å². The van der Waals surface area contributed by atoms with Gasteiger partial charge in [-0.3, -0.25) is 9.59 Å². The van der Waals surface area contributed by atoms with Crippen LogP contribution < -0.4 is 15.4 Å². The fourth-order valence-electron chi connectivity index (χ4n) is 2.97. The fraction of sp³-hybridized carbons (Fsp3) is 0.261. The minimum absolute atomic E-state index is 0.171. The van der Waals surface area contributed by atoms with Crippen LogP contribution in [0.4, 0.5) is 4.39 Å². The molecule has 31 heavy (non-hydrogen) atoms. The van der Waals surface area contributed by atoms with E-state index in [4.69, 9.17) is 4.74 Å². The summed E-state index contributed by atoms with van der Waals surface area (Å²) in [6.45, 7) is 5.41. The Bertz CT molecular complexity index is 1080. The quantitative estimate of drug-likeness (QED) is 0.636. The van der Waals surface area contributed by atoms with Crippen molar-refractivity contribution in [1.82, 2.24) is 20.4 Å². The van der Waals surface area contributed by atoms with Crippen molar-refractivity contribution in [2.24, 2.45) is 0 Å². The van der Waals surface area contributed by atoms with E-state index < -0.39 is 11.4 Å². The highest BCUT2D eigenvalue weighted by molar-refractivity contribution is 6.01. The van der Waals surface area contributed by atoms with Gasteiger partial charge in [-0.05, 0) is 57.2 Å². The van der Waals surface area contributed by atoms with Gasteiger partial charge in [0.25, 0.3) is 5.91 Å². The molecule has 0 fully saturated rings. The zero-order valence-electron chi connectivity index (χ0n) is 17.9. The Hall–Kier alpha value is -3.68. The third-order valence-electron chi connectivity index (χ3n) is 4.32. The highest BCUT2D eigenvalue weighted by atomic mass is 19.1. The van der Waals surface area contributed by atoms with E-state index >= 15 is 0 Å². The van der Waals surface area contributed by atoms with Gasteiger partial charge in [-0.25, -0.2) is 9.07 Å². The lowest BCUT2D eigenvalue weighted by Crippen LogP contribution is -2.45. The Labute approximate surface area is 180 Å². The number of benzene rings is 2. The average molecular weight is 424 g/mol. The monoisotopic (exact) mass is 424 g/mol. The molecule has 8 heteroatoms. The number of hydrogen-bond donors (Lipinski definition) is 2. The van der Waals surface area contributed by atoms with Crippen LogP contribution in [0.2, 0.25) is 0 Å². The Morgan fingerprint density at radius 1 is 1.13 bits per heavy atom. The summed E-state index contributed by atoms with van der Waals surface area (Å²) in [7, 11) is 1.55. The van der Waals surface area contributed by atoms with Crippen LogP contribution in [-0.4, -0.2) is 40.8 Å². The minimum atomic E-state index is -0.449. The molecule has 0 atom stereocenters. The Kier molecular flexibility index (Phi) is 6.39. The predicted molar refractivity (Wildman–Crippen MR) is 116 cm³/mol. The SMILES string of the molecule is COc1cccc(-c2nn(-c3ccc(F)cc3)cc2C(=O)NCC(=O)NC(C)(C)C)c1. The summed E-state index contributed by atoms with van der Waals surface area (Å²) in [5.41, 5.74) is 1.55. The fourth-order valence-corrected chi connectivity index (χ4v) is 2.97. The van der Waals surface area contributed by atoms with E-state index in [1.54, 1.807) is 43.6 Å². The first kappa shape index (κ1) is 22.0. The van der Waals surface area contributed by atoms with Gasteiger partial charge in [0.15, 0.2) is 0 Å². The van der Waals surface area contributed by atoms with Crippen LogP contribution in [0.3, 0.4) is 0 Å². The molecule has 0 spiro atoms. The second-order valence-electron chi connectivity index (χ2n) is 8.03. The summed E-state index contributed by atoms with van der Waals surface area (Å²) in [5, 5.41) is 9.98. The van der Waals surface area contributed by atoms with Crippen LogP contribution in [0.5, 0.6) is 5.75 Å². The summed E-state index contributed by atoms with van der Waals surface area (Å²) < 4.78 is 20.1. The van der Waals surface area contributed by atoms with Crippen molar-refractivity contribution in [3.05, 3.63) is 66.1 Å². The molecule has 0 bridgehead atoms. The third-order valence-corrected chi connectivity index (χ3v) is 4.32. The lowest BCUT2D eigenvalue weighted by atomic mass is 10.1. The molecule has 3 aromatic rings. The minimum Gasteiger partial charge on any atom is -0.497 e. The van der Waals surface area contributed by atoms with Gasteiger partial charge in [0.1, 0.15) is 17.3 Å². The number of carbonyl (C=O) groups excluding carboxylic acids is 2. The molecular weight excluding hydrogens is 399 g/mol. The maximum atomic E-state index is 13.3. The molecule has 0 aliphatic carbocycles. The van der Waals surface area contributed by atoms with Gasteiger partial charge in [-0.15, -0.1) is 0 Å². The topological polar surface area (TPSA) is 85.2 Å². The summed E-state index contributed by atoms with van der Waals surface area (Å²) in [5.74, 6) is -0.499. The number of methoxy groups -OCH3 is 1. The van der Waals surface area contributed by atoms with Gasteiger partial charge in [-0.1, -0.05) is 12.1 Å². The third kappa shape index (κ3) is 5.69. The molecule has 2 aromatic carbocycles. The number of ether oxygens (including phenoxy) is 1. The van der Waals surface area contributed by atoms with Crippen molar-refractivity contribution < 1.29 is 18.7 Å². The second-order valence-corrected chi connectivity index (χ2v) is 8.03. The summed E-state index contributed by atoms with van der Waals surface area (Å²) >= 11 is 0. The molecule has 1 aromatic heterocycles. The number of hydrogen-bond acceptors (Lipinski definition) is 4. The molecule has 0 saturated carbocycles. The molecular formula is C23H25FN4O3. The molecule has 2 amide bonds. The summed E-state index contributed by atoms with van der Waals surface area (Å²) in [6.07, 6.45) is 1.55. The molecule has 0 aliphatic heterocycles. The molecule has 1 heterocycles. The summed E-state index contributed by atoms with van der Waals surface area (Å²) in [6, 6.07) is 12.9. The van der Waals surface area contributed by atoms with Gasteiger partial charge in [-0.2, -0.15) is 5.10 Å². The first-order valence-electron chi connectivity index (χ1n) is 9.75. The Morgan fingerprint density at radius 2 is 1.84 bits per heavy atom. The largest absolute Gasteiger partial charge is 0.497 e. The molecule has 0 radical (unpaired) electrons. The number of rotatable bonds is 6. The van der Waals surface area contributed by atoms with Crippen LogP contribution in [0.1, 0.15) is 31.1 Å². The van der Waals surface area contributed by atoms with E-state index in [0.29, 0.717) is 22.7 Å². The second kappa shape index (κ2) is 8.99. The van der Waals surface area contributed by atoms with E-state index in [9.17, 15) is 14.0 Å². The highest BCUT2D eigenvalue weighted by Crippen LogP contribution is 2.27. The molecule has 7 nitrogen and oxygen atoms in total. The van der Waals surface area contributed by atoms with Gasteiger partial charge < -0.3 is 15.4 Å². The Balaban J connectivity index is 1.94. The molecule has 2 N–H and O–H groups in total. The van der Waals surface area contributed by atoms with Gasteiger partial charge >= 0.3 is 0 Å². The summed E-state index contributed by atoms with van der Waals surface area (Å²) in [4.78, 5) is 25.0. The predicted octanol–water partition coefficient (Wildman–Crippen LogP) is 3.33. The van der Waals surface area contributed by atoms with E-state index in [1.807, 2.05) is 26.8 Å². The van der Waals surface area contributed by atoms with Crippen molar-refractivity contribution >= 4 is 11.8 Å². The average Bonchev–Trinajstić information content (AvgIpc) is 3.17. The van der Waals surface area contributed by atoms with Crippen LogP contribution in [0.25, 0.3) is 16.9 Å². The zero-order chi connectivity index (χ0) is 22.6. The Morgan fingerprint density at radius 3 is 2.48 bits per heavy atom. The normalized spacial score (nSPS) is 11.1. The standard InChI is InChI=1S/C23H25FN4O3/c1-23(2,3)26-20(29)13-25-22(30)19-14-28(17-10-8-16(24)9-11-17)27-21(19)15-6-5-7-18(12-15)31-4/h5-12,14H,13H2,1-4H3,(H,25,30)(H,26,29). The van der Waals surface area contributed by atoms with E-state index in [1.165, 1.54) is 16.8 Å². The van der Waals surface area contributed by atoms with Crippen molar-refractivity contribution in [2.75, 3.05) is 13.7 Å². The van der Waals surface area contributed by atoms with Gasteiger partial charge in [0, 0.05) is 17.3 Å². The lowest BCUT2D eigenvalue weighted by Gasteiger charge is -2.20. The maximum Gasteiger partial charge on any atom is 0.255 e. The van der Waals surface area contributed by atoms with E-state index in [-0.39, 0.29) is 23.8 Å². The van der Waals surface area contributed by atoms with Crippen LogP contribution in [0, 0.1) is 5.82 Å². The van der Waals surface area contributed by atoms with E-state index in [2.05, 4.69) is 15.7 Å². The van der Waals surface area contributed by atoms with Gasteiger partial charge in [0.2, 0.25) is 5.91 Å². The molecule has 0 aliphatic rings.